The third kappa shape index (κ3) is 4.42. The number of carbonyl (C=O) groups excluding carboxylic acids is 1. The molecule has 0 aliphatic rings. The van der Waals surface area contributed by atoms with E-state index >= 15 is 0 Å². The summed E-state index contributed by atoms with van der Waals surface area (Å²) in [5.74, 6) is -0.703. The van der Waals surface area contributed by atoms with Crippen molar-refractivity contribution in [2.24, 2.45) is 10.2 Å². The van der Waals surface area contributed by atoms with Gasteiger partial charge in [0, 0.05) is 16.1 Å². The van der Waals surface area contributed by atoms with E-state index in [4.69, 9.17) is 11.6 Å². The zero-order valence-electron chi connectivity index (χ0n) is 18.3. The second kappa shape index (κ2) is 9.71. The molecule has 0 N–H and O–H groups in total. The molecule has 0 saturated carbocycles. The van der Waals surface area contributed by atoms with Gasteiger partial charge in [0.1, 0.15) is 0 Å². The molecule has 34 heavy (non-hydrogen) atoms. The maximum Gasteiger partial charge on any atom is 0.273 e. The Kier molecular flexibility index (Phi) is 6.72. The second-order valence-corrected chi connectivity index (χ2v) is 10.2. The van der Waals surface area contributed by atoms with Gasteiger partial charge in [0.05, 0.1) is 10.6 Å². The molecule has 7 heteroatoms. The van der Waals surface area contributed by atoms with Gasteiger partial charge in [0.2, 0.25) is 15.6 Å². The van der Waals surface area contributed by atoms with Crippen molar-refractivity contribution >= 4 is 32.9 Å². The minimum Gasteiger partial charge on any atom is -0.290 e. The monoisotopic (exact) mass is 488 g/mol. The smallest absolute Gasteiger partial charge is 0.273 e. The Balaban J connectivity index is 2.05. The van der Waals surface area contributed by atoms with Crippen molar-refractivity contribution in [2.45, 2.75) is 16.7 Å². The fourth-order valence-electron chi connectivity index (χ4n) is 3.57. The first-order chi connectivity index (χ1) is 16.3. The number of ketones is 1. The lowest BCUT2D eigenvalue weighted by Crippen LogP contribution is -2.42. The van der Waals surface area contributed by atoms with Crippen LogP contribution in [-0.4, -0.2) is 14.2 Å². The molecule has 0 fully saturated rings. The summed E-state index contributed by atoms with van der Waals surface area (Å²) >= 11 is 6.08. The van der Waals surface area contributed by atoms with Crippen LogP contribution in [0.4, 0.5) is 5.69 Å². The van der Waals surface area contributed by atoms with Crippen molar-refractivity contribution in [3.8, 4) is 0 Å². The summed E-state index contributed by atoms with van der Waals surface area (Å²) in [5, 5.41) is 8.94. The van der Waals surface area contributed by atoms with Crippen LogP contribution in [0.1, 0.15) is 21.5 Å². The topological polar surface area (TPSA) is 75.9 Å². The molecule has 0 heterocycles. The van der Waals surface area contributed by atoms with E-state index in [-0.39, 0.29) is 16.0 Å². The number of nitrogens with zero attached hydrogens (tertiary/aromatic N) is 2. The summed E-state index contributed by atoms with van der Waals surface area (Å²) in [6.07, 6.45) is 0. The number of hydrogen-bond acceptors (Lipinski definition) is 5. The maximum atomic E-state index is 14.3. The Hall–Kier alpha value is -3.61. The van der Waals surface area contributed by atoms with E-state index in [0.29, 0.717) is 10.7 Å². The average molecular weight is 489 g/mol. The van der Waals surface area contributed by atoms with Crippen LogP contribution in [0.15, 0.2) is 124 Å². The van der Waals surface area contributed by atoms with Crippen LogP contribution in [0.2, 0.25) is 5.02 Å². The summed E-state index contributed by atoms with van der Waals surface area (Å²) in [5.41, 5.74) is 1.61. The Bertz CT molecular complexity index is 1440. The zero-order chi connectivity index (χ0) is 24.2. The third-order valence-electron chi connectivity index (χ3n) is 5.34. The molecule has 4 aromatic carbocycles. The molecule has 4 aromatic rings. The van der Waals surface area contributed by atoms with Gasteiger partial charge in [0.15, 0.2) is 0 Å². The van der Waals surface area contributed by atoms with Crippen molar-refractivity contribution < 1.29 is 13.2 Å². The van der Waals surface area contributed by atoms with Crippen LogP contribution in [0, 0.1) is 6.92 Å². The molecule has 0 saturated heterocycles. The van der Waals surface area contributed by atoms with Gasteiger partial charge in [-0.15, -0.1) is 0 Å². The molecule has 1 atom stereocenters. The first-order valence-corrected chi connectivity index (χ1v) is 12.4. The van der Waals surface area contributed by atoms with Crippen LogP contribution in [0.3, 0.4) is 0 Å². The van der Waals surface area contributed by atoms with Crippen molar-refractivity contribution in [1.82, 2.24) is 0 Å². The number of sulfone groups is 1. The van der Waals surface area contributed by atoms with Crippen LogP contribution in [0.5, 0.6) is 0 Å². The highest BCUT2D eigenvalue weighted by Crippen LogP contribution is 2.41. The quantitative estimate of drug-likeness (QED) is 0.209. The van der Waals surface area contributed by atoms with Gasteiger partial charge in [-0.05, 0) is 37.3 Å². The molecule has 170 valence electrons. The summed E-state index contributed by atoms with van der Waals surface area (Å²) in [7, 11) is -4.40. The van der Waals surface area contributed by atoms with Crippen LogP contribution < -0.4 is 0 Å². The predicted octanol–water partition coefficient (Wildman–Crippen LogP) is 6.94. The van der Waals surface area contributed by atoms with E-state index in [2.05, 4.69) is 10.2 Å². The van der Waals surface area contributed by atoms with E-state index in [1.807, 2.05) is 6.92 Å². The van der Waals surface area contributed by atoms with Crippen molar-refractivity contribution in [3.63, 3.8) is 0 Å². The van der Waals surface area contributed by atoms with Crippen molar-refractivity contribution in [2.75, 3.05) is 0 Å². The number of azo groups is 1. The molecule has 0 radical (unpaired) electrons. The normalized spacial score (nSPS) is 13.5. The number of aryl methyl sites for hydroxylation is 1. The largest absolute Gasteiger partial charge is 0.290 e. The SMILES string of the molecule is Cc1ccc(S(=O)(=O)C(N=Nc2cccc(Cl)c2)(C(=O)c2ccccc2)c2ccccc2)cc1. The van der Waals surface area contributed by atoms with E-state index in [9.17, 15) is 13.2 Å². The minimum atomic E-state index is -4.40. The van der Waals surface area contributed by atoms with Crippen molar-refractivity contribution in [3.05, 3.63) is 131 Å². The molecule has 0 bridgehead atoms. The molecule has 5 nitrogen and oxygen atoms in total. The van der Waals surface area contributed by atoms with Gasteiger partial charge >= 0.3 is 0 Å². The van der Waals surface area contributed by atoms with Gasteiger partial charge in [0.25, 0.3) is 4.87 Å². The van der Waals surface area contributed by atoms with Gasteiger partial charge in [-0.3, -0.25) is 4.79 Å². The van der Waals surface area contributed by atoms with E-state index in [1.165, 1.54) is 12.1 Å². The van der Waals surface area contributed by atoms with E-state index in [0.717, 1.165) is 5.56 Å². The molecular weight excluding hydrogens is 468 g/mol. The molecule has 1 unspecified atom stereocenters. The summed E-state index contributed by atoms with van der Waals surface area (Å²) in [4.78, 5) is 11.7. The lowest BCUT2D eigenvalue weighted by atomic mass is 9.97. The lowest BCUT2D eigenvalue weighted by Gasteiger charge is -2.28. The molecule has 0 amide bonds. The van der Waals surface area contributed by atoms with Crippen LogP contribution in [-0.2, 0) is 14.7 Å². The number of rotatable bonds is 7. The summed E-state index contributed by atoms with van der Waals surface area (Å²) in [6.45, 7) is 1.86. The number of halogens is 1. The lowest BCUT2D eigenvalue weighted by molar-refractivity contribution is 0.0936. The van der Waals surface area contributed by atoms with Gasteiger partial charge in [-0.1, -0.05) is 96.0 Å². The summed E-state index contributed by atoms with van der Waals surface area (Å²) in [6, 6.07) is 29.3. The molecule has 0 spiro atoms. The summed E-state index contributed by atoms with van der Waals surface area (Å²) < 4.78 is 28.5. The number of Topliss-reactive ketones (excluding diaryl/α,β-unsaturated/α-hetero) is 1. The second-order valence-electron chi connectivity index (χ2n) is 7.70. The van der Waals surface area contributed by atoms with Crippen LogP contribution >= 0.6 is 11.6 Å². The standard InChI is InChI=1S/C27H21ClN2O3S/c1-20-15-17-25(18-16-20)34(32,33)27(22-11-6-3-7-12-22,26(31)21-9-4-2-5-10-21)30-29-24-14-8-13-23(28)19-24/h2-19H,1H3. The first kappa shape index (κ1) is 23.5. The van der Waals surface area contributed by atoms with Gasteiger partial charge in [-0.2, -0.15) is 10.2 Å². The van der Waals surface area contributed by atoms with Gasteiger partial charge in [-0.25, -0.2) is 8.42 Å². The fourth-order valence-corrected chi connectivity index (χ4v) is 5.55. The Morgan fingerprint density at radius 1 is 0.794 bits per heavy atom. The Labute approximate surface area is 203 Å². The molecule has 0 aliphatic carbocycles. The van der Waals surface area contributed by atoms with Gasteiger partial charge < -0.3 is 0 Å². The highest BCUT2D eigenvalue weighted by Gasteiger charge is 2.54. The highest BCUT2D eigenvalue weighted by atomic mass is 35.5. The molecule has 4 rings (SSSR count). The predicted molar refractivity (Wildman–Crippen MR) is 133 cm³/mol. The molecular formula is C27H21ClN2O3S. The number of hydrogen-bond donors (Lipinski definition) is 0. The fraction of sp³-hybridized carbons (Fsp3) is 0.0741. The third-order valence-corrected chi connectivity index (χ3v) is 7.75. The highest BCUT2D eigenvalue weighted by molar-refractivity contribution is 7.93. The molecule has 0 aliphatic heterocycles. The minimum absolute atomic E-state index is 0.0312. The first-order valence-electron chi connectivity index (χ1n) is 10.5. The zero-order valence-corrected chi connectivity index (χ0v) is 19.9. The van der Waals surface area contributed by atoms with Crippen LogP contribution in [0.25, 0.3) is 0 Å². The van der Waals surface area contributed by atoms with E-state index in [1.54, 1.807) is 97.1 Å². The van der Waals surface area contributed by atoms with E-state index < -0.39 is 20.5 Å². The Morgan fingerprint density at radius 2 is 1.41 bits per heavy atom. The Morgan fingerprint density at radius 3 is 2.03 bits per heavy atom. The van der Waals surface area contributed by atoms with Crippen molar-refractivity contribution in [1.29, 1.82) is 0 Å². The average Bonchev–Trinajstić information content (AvgIpc) is 2.85. The number of benzene rings is 4. The number of carbonyl (C=O) groups is 1. The molecule has 0 aromatic heterocycles. The maximum absolute atomic E-state index is 14.3.